The van der Waals surface area contributed by atoms with Gasteiger partial charge in [-0.2, -0.15) is 8.42 Å². The Morgan fingerprint density at radius 3 is 2.29 bits per heavy atom. The third-order valence-electron chi connectivity index (χ3n) is 1.95. The summed E-state index contributed by atoms with van der Waals surface area (Å²) in [6.45, 7) is 5.60. The van der Waals surface area contributed by atoms with Crippen LogP contribution in [0.25, 0.3) is 0 Å². The van der Waals surface area contributed by atoms with E-state index in [1.165, 1.54) is 19.3 Å². The predicted molar refractivity (Wildman–Crippen MR) is 58.4 cm³/mol. The first-order valence-corrected chi connectivity index (χ1v) is 6.61. The molecule has 0 bridgehead atoms. The maximum atomic E-state index is 10.8. The normalized spacial score (nSPS) is 11.5. The molecule has 0 radical (unpaired) electrons. The van der Waals surface area contributed by atoms with Crippen molar-refractivity contribution in [1.29, 1.82) is 0 Å². The van der Waals surface area contributed by atoms with Gasteiger partial charge in [0.15, 0.2) is 0 Å². The van der Waals surface area contributed by atoms with Crippen molar-refractivity contribution >= 4 is 10.1 Å². The van der Waals surface area contributed by atoms with Crippen LogP contribution in [0.4, 0.5) is 0 Å². The fourth-order valence-corrected chi connectivity index (χ4v) is 1.55. The van der Waals surface area contributed by atoms with Gasteiger partial charge in [-0.1, -0.05) is 45.6 Å². The quantitative estimate of drug-likeness (QED) is 0.443. The summed E-state index contributed by atoms with van der Waals surface area (Å²) in [4.78, 5) is 0. The largest absolute Gasteiger partial charge is 0.289 e. The Morgan fingerprint density at radius 2 is 1.71 bits per heavy atom. The van der Waals surface area contributed by atoms with Gasteiger partial charge in [-0.25, -0.2) is 0 Å². The van der Waals surface area contributed by atoms with Crippen LogP contribution < -0.4 is 0 Å². The van der Waals surface area contributed by atoms with Crippen LogP contribution in [0.2, 0.25) is 0 Å². The Morgan fingerprint density at radius 1 is 1.14 bits per heavy atom. The Labute approximate surface area is 87.3 Å². The molecule has 4 heteroatoms. The van der Waals surface area contributed by atoms with E-state index in [1.807, 2.05) is 0 Å². The van der Waals surface area contributed by atoms with Crippen LogP contribution in [0.3, 0.4) is 0 Å². The fraction of sp³-hybridized carbons (Fsp3) is 0.800. The number of hydrogen-bond donors (Lipinski definition) is 0. The molecule has 0 heterocycles. The van der Waals surface area contributed by atoms with Gasteiger partial charge in [-0.05, 0) is 6.42 Å². The summed E-state index contributed by atoms with van der Waals surface area (Å²) in [5.41, 5.74) is 0. The third-order valence-corrected chi connectivity index (χ3v) is 2.85. The summed E-state index contributed by atoms with van der Waals surface area (Å²) in [7, 11) is -3.45. The fourth-order valence-electron chi connectivity index (χ4n) is 1.11. The van der Waals surface area contributed by atoms with Crippen LogP contribution in [0.15, 0.2) is 12.0 Å². The van der Waals surface area contributed by atoms with Crippen molar-refractivity contribution < 1.29 is 12.6 Å². The van der Waals surface area contributed by atoms with E-state index in [1.54, 1.807) is 0 Å². The van der Waals surface area contributed by atoms with E-state index in [0.29, 0.717) is 0 Å². The lowest BCUT2D eigenvalue weighted by Gasteiger charge is -2.01. The van der Waals surface area contributed by atoms with E-state index in [9.17, 15) is 8.42 Å². The highest BCUT2D eigenvalue weighted by Crippen LogP contribution is 2.05. The molecule has 0 aromatic rings. The molecule has 0 aliphatic heterocycles. The lowest BCUT2D eigenvalue weighted by molar-refractivity contribution is 0.311. The zero-order valence-corrected chi connectivity index (χ0v) is 9.68. The van der Waals surface area contributed by atoms with Crippen LogP contribution in [-0.4, -0.2) is 15.0 Å². The van der Waals surface area contributed by atoms with Crippen molar-refractivity contribution in [3.63, 3.8) is 0 Å². The summed E-state index contributed by atoms with van der Waals surface area (Å²) >= 11 is 0. The molecule has 0 saturated carbocycles. The SMILES string of the molecule is C=CS(=O)(=O)OCCCCCCCC. The van der Waals surface area contributed by atoms with Gasteiger partial charge in [-0.15, -0.1) is 0 Å². The van der Waals surface area contributed by atoms with Crippen LogP contribution in [0, 0.1) is 0 Å². The van der Waals surface area contributed by atoms with Gasteiger partial charge >= 0.3 is 0 Å². The zero-order valence-electron chi connectivity index (χ0n) is 8.87. The van der Waals surface area contributed by atoms with Gasteiger partial charge in [0.05, 0.1) is 12.0 Å². The van der Waals surface area contributed by atoms with E-state index in [-0.39, 0.29) is 6.61 Å². The maximum absolute atomic E-state index is 10.8. The zero-order chi connectivity index (χ0) is 10.9. The topological polar surface area (TPSA) is 43.4 Å². The second-order valence-corrected chi connectivity index (χ2v) is 4.80. The molecule has 0 amide bonds. The van der Waals surface area contributed by atoms with Gasteiger partial charge < -0.3 is 0 Å². The highest BCUT2D eigenvalue weighted by Gasteiger charge is 2.02. The lowest BCUT2D eigenvalue weighted by atomic mass is 10.1. The van der Waals surface area contributed by atoms with E-state index >= 15 is 0 Å². The first-order valence-electron chi connectivity index (χ1n) is 5.14. The molecule has 0 aliphatic rings. The van der Waals surface area contributed by atoms with Gasteiger partial charge in [0, 0.05) is 0 Å². The van der Waals surface area contributed by atoms with Gasteiger partial charge in [0.1, 0.15) is 0 Å². The minimum Gasteiger partial charge on any atom is -0.267 e. The van der Waals surface area contributed by atoms with Crippen molar-refractivity contribution in [3.8, 4) is 0 Å². The summed E-state index contributed by atoms with van der Waals surface area (Å²) < 4.78 is 26.2. The summed E-state index contributed by atoms with van der Waals surface area (Å²) in [5.74, 6) is 0. The Balaban J connectivity index is 3.26. The molecule has 3 nitrogen and oxygen atoms in total. The van der Waals surface area contributed by atoms with Crippen molar-refractivity contribution in [3.05, 3.63) is 12.0 Å². The lowest BCUT2D eigenvalue weighted by Crippen LogP contribution is -2.02. The van der Waals surface area contributed by atoms with E-state index in [0.717, 1.165) is 24.7 Å². The minimum atomic E-state index is -3.45. The molecule has 0 fully saturated rings. The molecule has 0 saturated heterocycles. The van der Waals surface area contributed by atoms with Crippen molar-refractivity contribution in [2.75, 3.05) is 6.61 Å². The number of rotatable bonds is 9. The average Bonchev–Trinajstić information content (AvgIpc) is 2.16. The highest BCUT2D eigenvalue weighted by molar-refractivity contribution is 7.89. The first-order chi connectivity index (χ1) is 6.62. The Kier molecular flexibility index (Phi) is 7.80. The molecular formula is C10H20O3S. The standard InChI is InChI=1S/C10H20O3S/c1-3-5-6-7-8-9-10-13-14(11,12)4-2/h4H,2-3,5-10H2,1H3. The van der Waals surface area contributed by atoms with Crippen LogP contribution >= 0.6 is 0 Å². The summed E-state index contributed by atoms with van der Waals surface area (Å²) in [6, 6.07) is 0. The molecule has 0 aromatic heterocycles. The van der Waals surface area contributed by atoms with Crippen molar-refractivity contribution in [2.45, 2.75) is 45.4 Å². The van der Waals surface area contributed by atoms with E-state index in [4.69, 9.17) is 0 Å². The second-order valence-electron chi connectivity index (χ2n) is 3.25. The minimum absolute atomic E-state index is 0.278. The maximum Gasteiger partial charge on any atom is 0.289 e. The monoisotopic (exact) mass is 220 g/mol. The van der Waals surface area contributed by atoms with Crippen molar-refractivity contribution in [1.82, 2.24) is 0 Å². The molecule has 0 unspecified atom stereocenters. The highest BCUT2D eigenvalue weighted by atomic mass is 32.2. The van der Waals surface area contributed by atoms with E-state index in [2.05, 4.69) is 17.7 Å². The molecule has 0 aliphatic carbocycles. The third kappa shape index (κ3) is 8.26. The molecule has 0 aromatic carbocycles. The molecule has 0 N–H and O–H groups in total. The summed E-state index contributed by atoms with van der Waals surface area (Å²) in [5, 5.41) is 0.837. The molecular weight excluding hydrogens is 200 g/mol. The molecule has 14 heavy (non-hydrogen) atoms. The van der Waals surface area contributed by atoms with Crippen LogP contribution in [-0.2, 0) is 14.3 Å². The van der Waals surface area contributed by atoms with Gasteiger partial charge in [0.25, 0.3) is 10.1 Å². The smallest absolute Gasteiger partial charge is 0.267 e. The molecule has 0 spiro atoms. The molecule has 0 atom stereocenters. The van der Waals surface area contributed by atoms with Crippen LogP contribution in [0.5, 0.6) is 0 Å². The van der Waals surface area contributed by atoms with Gasteiger partial charge in [-0.3, -0.25) is 4.18 Å². The van der Waals surface area contributed by atoms with Crippen molar-refractivity contribution in [2.24, 2.45) is 0 Å². The first kappa shape index (κ1) is 13.7. The summed E-state index contributed by atoms with van der Waals surface area (Å²) in [6.07, 6.45) is 6.70. The van der Waals surface area contributed by atoms with E-state index < -0.39 is 10.1 Å². The molecule has 84 valence electrons. The average molecular weight is 220 g/mol. The Bertz CT molecular complexity index is 232. The second kappa shape index (κ2) is 8.00. The van der Waals surface area contributed by atoms with Crippen LogP contribution in [0.1, 0.15) is 45.4 Å². The number of hydrogen-bond acceptors (Lipinski definition) is 3. The predicted octanol–water partition coefficient (Wildman–Crippen LogP) is 2.84. The van der Waals surface area contributed by atoms with Gasteiger partial charge in [0.2, 0.25) is 0 Å². The number of unbranched alkanes of at least 4 members (excludes halogenated alkanes) is 5. The molecule has 0 rings (SSSR count). The Hall–Kier alpha value is -0.350.